The van der Waals surface area contributed by atoms with Gasteiger partial charge in [0.15, 0.2) is 0 Å². The lowest BCUT2D eigenvalue weighted by Crippen LogP contribution is -2.30. The molecule has 17 heavy (non-hydrogen) atoms. The van der Waals surface area contributed by atoms with E-state index in [1.54, 1.807) is 6.33 Å². The van der Waals surface area contributed by atoms with Gasteiger partial charge >= 0.3 is 0 Å². The fourth-order valence-corrected chi connectivity index (χ4v) is 2.35. The number of nitrogens with one attached hydrogen (secondary N) is 1. The van der Waals surface area contributed by atoms with Gasteiger partial charge in [-0.25, -0.2) is 0 Å². The van der Waals surface area contributed by atoms with Crippen molar-refractivity contribution in [3.63, 3.8) is 0 Å². The second-order valence-electron chi connectivity index (χ2n) is 5.23. The SMILES string of the molecule is CC(C)N1CCC(CNCc2nncn2C)C1. The quantitative estimate of drug-likeness (QED) is 0.816. The van der Waals surface area contributed by atoms with E-state index in [0.29, 0.717) is 6.04 Å². The number of hydrogen-bond donors (Lipinski definition) is 1. The summed E-state index contributed by atoms with van der Waals surface area (Å²) in [6.07, 6.45) is 3.05. The van der Waals surface area contributed by atoms with E-state index >= 15 is 0 Å². The van der Waals surface area contributed by atoms with Crippen molar-refractivity contribution in [2.45, 2.75) is 32.9 Å². The molecule has 5 heteroatoms. The molecule has 1 fully saturated rings. The predicted molar refractivity (Wildman–Crippen MR) is 67.5 cm³/mol. The Morgan fingerprint density at radius 2 is 2.35 bits per heavy atom. The van der Waals surface area contributed by atoms with Crippen LogP contribution in [0, 0.1) is 5.92 Å². The minimum atomic E-state index is 0.679. The lowest BCUT2D eigenvalue weighted by Gasteiger charge is -2.20. The van der Waals surface area contributed by atoms with Gasteiger partial charge in [0.1, 0.15) is 12.2 Å². The topological polar surface area (TPSA) is 46.0 Å². The summed E-state index contributed by atoms with van der Waals surface area (Å²) in [5.74, 6) is 1.79. The van der Waals surface area contributed by atoms with Gasteiger partial charge in [-0.05, 0) is 39.3 Å². The minimum Gasteiger partial charge on any atom is -0.320 e. The molecule has 0 spiro atoms. The van der Waals surface area contributed by atoms with Crippen molar-refractivity contribution in [3.05, 3.63) is 12.2 Å². The Hall–Kier alpha value is -0.940. The first-order valence-electron chi connectivity index (χ1n) is 6.44. The fourth-order valence-electron chi connectivity index (χ4n) is 2.35. The van der Waals surface area contributed by atoms with Crippen molar-refractivity contribution in [3.8, 4) is 0 Å². The number of hydrogen-bond acceptors (Lipinski definition) is 4. The highest BCUT2D eigenvalue weighted by Gasteiger charge is 2.23. The molecular weight excluding hydrogens is 214 g/mol. The molecule has 0 aromatic carbocycles. The third-order valence-corrected chi connectivity index (χ3v) is 3.57. The van der Waals surface area contributed by atoms with Crippen LogP contribution in [0.2, 0.25) is 0 Å². The molecule has 0 amide bonds. The van der Waals surface area contributed by atoms with Crippen LogP contribution in [0.25, 0.3) is 0 Å². The molecule has 1 aromatic heterocycles. The third kappa shape index (κ3) is 3.26. The van der Waals surface area contributed by atoms with Gasteiger partial charge < -0.3 is 14.8 Å². The van der Waals surface area contributed by atoms with Gasteiger partial charge in [0, 0.05) is 19.6 Å². The average molecular weight is 237 g/mol. The third-order valence-electron chi connectivity index (χ3n) is 3.57. The van der Waals surface area contributed by atoms with Crippen LogP contribution in [0.3, 0.4) is 0 Å². The molecule has 0 bridgehead atoms. The zero-order valence-electron chi connectivity index (χ0n) is 11.1. The molecule has 1 unspecified atom stereocenters. The van der Waals surface area contributed by atoms with E-state index < -0.39 is 0 Å². The highest BCUT2D eigenvalue weighted by atomic mass is 15.3. The Labute approximate surface area is 103 Å². The highest BCUT2D eigenvalue weighted by Crippen LogP contribution is 2.17. The normalized spacial score (nSPS) is 21.5. The molecule has 1 aliphatic heterocycles. The van der Waals surface area contributed by atoms with Crippen LogP contribution in [-0.4, -0.2) is 45.3 Å². The summed E-state index contributed by atoms with van der Waals surface area (Å²) in [5, 5.41) is 11.4. The van der Waals surface area contributed by atoms with E-state index in [1.807, 2.05) is 11.6 Å². The van der Waals surface area contributed by atoms with Gasteiger partial charge in [-0.15, -0.1) is 10.2 Å². The Balaban J connectivity index is 1.68. The lowest BCUT2D eigenvalue weighted by atomic mass is 10.1. The number of aromatic nitrogens is 3. The van der Waals surface area contributed by atoms with Crippen LogP contribution >= 0.6 is 0 Å². The number of likely N-dealkylation sites (tertiary alicyclic amines) is 1. The zero-order valence-corrected chi connectivity index (χ0v) is 11.1. The van der Waals surface area contributed by atoms with Gasteiger partial charge in [-0.2, -0.15) is 0 Å². The van der Waals surface area contributed by atoms with E-state index in [-0.39, 0.29) is 0 Å². The Bertz CT molecular complexity index is 346. The smallest absolute Gasteiger partial charge is 0.146 e. The van der Waals surface area contributed by atoms with E-state index in [9.17, 15) is 0 Å². The van der Waals surface area contributed by atoms with Crippen molar-refractivity contribution < 1.29 is 0 Å². The van der Waals surface area contributed by atoms with Gasteiger partial charge in [0.25, 0.3) is 0 Å². The van der Waals surface area contributed by atoms with Crippen molar-refractivity contribution >= 4 is 0 Å². The maximum atomic E-state index is 4.06. The molecule has 2 rings (SSSR count). The summed E-state index contributed by atoms with van der Waals surface area (Å²) in [5.41, 5.74) is 0. The van der Waals surface area contributed by atoms with Gasteiger partial charge in [-0.1, -0.05) is 0 Å². The van der Waals surface area contributed by atoms with Crippen molar-refractivity contribution in [1.82, 2.24) is 25.0 Å². The first-order valence-corrected chi connectivity index (χ1v) is 6.44. The molecule has 1 N–H and O–H groups in total. The Kier molecular flexibility index (Phi) is 4.12. The molecule has 1 aliphatic rings. The van der Waals surface area contributed by atoms with Crippen LogP contribution in [0.5, 0.6) is 0 Å². The van der Waals surface area contributed by atoms with Crippen molar-refractivity contribution in [2.24, 2.45) is 13.0 Å². The second-order valence-corrected chi connectivity index (χ2v) is 5.23. The number of aryl methyl sites for hydroxylation is 1. The largest absolute Gasteiger partial charge is 0.320 e. The fraction of sp³-hybridized carbons (Fsp3) is 0.833. The summed E-state index contributed by atoms with van der Waals surface area (Å²) in [6, 6.07) is 0.679. The monoisotopic (exact) mass is 237 g/mol. The first-order chi connectivity index (χ1) is 8.16. The van der Waals surface area contributed by atoms with Gasteiger partial charge in [0.05, 0.1) is 6.54 Å². The van der Waals surface area contributed by atoms with Crippen LogP contribution in [0.15, 0.2) is 6.33 Å². The Morgan fingerprint density at radius 3 is 2.94 bits per heavy atom. The summed E-state index contributed by atoms with van der Waals surface area (Å²) in [4.78, 5) is 2.55. The molecule has 1 aromatic rings. The molecule has 0 aliphatic carbocycles. The molecule has 0 radical (unpaired) electrons. The first kappa shape index (κ1) is 12.5. The van der Waals surface area contributed by atoms with Crippen LogP contribution in [-0.2, 0) is 13.6 Å². The zero-order chi connectivity index (χ0) is 12.3. The number of rotatable bonds is 5. The van der Waals surface area contributed by atoms with Crippen LogP contribution < -0.4 is 5.32 Å². The summed E-state index contributed by atoms with van der Waals surface area (Å²) < 4.78 is 1.96. The van der Waals surface area contributed by atoms with Crippen LogP contribution in [0.4, 0.5) is 0 Å². The van der Waals surface area contributed by atoms with Crippen LogP contribution in [0.1, 0.15) is 26.1 Å². The second kappa shape index (κ2) is 5.60. The standard InChI is InChI=1S/C12H23N5/c1-10(2)17-5-4-11(8-17)6-13-7-12-15-14-9-16(12)3/h9-11,13H,4-8H2,1-3H3. The molecule has 5 nitrogen and oxygen atoms in total. The van der Waals surface area contributed by atoms with Crippen molar-refractivity contribution in [1.29, 1.82) is 0 Å². The molecular formula is C12H23N5. The Morgan fingerprint density at radius 1 is 1.53 bits per heavy atom. The molecule has 1 saturated heterocycles. The number of nitrogens with zero attached hydrogens (tertiary/aromatic N) is 4. The maximum absolute atomic E-state index is 4.06. The van der Waals surface area contributed by atoms with Gasteiger partial charge in [-0.3, -0.25) is 0 Å². The van der Waals surface area contributed by atoms with Gasteiger partial charge in [0.2, 0.25) is 0 Å². The summed E-state index contributed by atoms with van der Waals surface area (Å²) >= 11 is 0. The molecule has 96 valence electrons. The highest BCUT2D eigenvalue weighted by molar-refractivity contribution is 4.84. The molecule has 1 atom stereocenters. The summed E-state index contributed by atoms with van der Waals surface area (Å²) in [6.45, 7) is 8.91. The van der Waals surface area contributed by atoms with E-state index in [2.05, 4.69) is 34.3 Å². The van der Waals surface area contributed by atoms with E-state index in [0.717, 1.165) is 24.8 Å². The maximum Gasteiger partial charge on any atom is 0.146 e. The molecule has 2 heterocycles. The lowest BCUT2D eigenvalue weighted by molar-refractivity contribution is 0.264. The minimum absolute atomic E-state index is 0.679. The average Bonchev–Trinajstić information content (AvgIpc) is 2.89. The molecule has 0 saturated carbocycles. The summed E-state index contributed by atoms with van der Waals surface area (Å²) in [7, 11) is 1.98. The van der Waals surface area contributed by atoms with E-state index in [1.165, 1.54) is 19.5 Å². The van der Waals surface area contributed by atoms with E-state index in [4.69, 9.17) is 0 Å². The predicted octanol–water partition coefficient (Wildman–Crippen LogP) is 0.635. The van der Waals surface area contributed by atoms with Crippen molar-refractivity contribution in [2.75, 3.05) is 19.6 Å².